The Bertz CT molecular complexity index is 487. The second-order valence-electron chi connectivity index (χ2n) is 6.28. The smallest absolute Gasteiger partial charge is 0.269 e. The van der Waals surface area contributed by atoms with Crippen molar-refractivity contribution in [3.63, 3.8) is 0 Å². The first-order valence-corrected chi connectivity index (χ1v) is 6.62. The standard InChI is InChI=1S/C16H23NO3/c1-15(2,12-20-5)10-11-16(3,4)13-6-8-14(9-7-13)17(18)19/h6-11H,12H2,1-5H3/b11-10+. The van der Waals surface area contributed by atoms with Crippen LogP contribution in [0, 0.1) is 15.5 Å². The number of hydrogen-bond acceptors (Lipinski definition) is 3. The maximum absolute atomic E-state index is 10.7. The van der Waals surface area contributed by atoms with Crippen LogP contribution < -0.4 is 0 Å². The number of nitrogens with zero attached hydrogens (tertiary/aromatic N) is 1. The third-order valence-corrected chi connectivity index (χ3v) is 3.29. The van der Waals surface area contributed by atoms with Crippen LogP contribution in [0.4, 0.5) is 5.69 Å². The third kappa shape index (κ3) is 4.46. The van der Waals surface area contributed by atoms with Crippen molar-refractivity contribution in [1.29, 1.82) is 0 Å². The van der Waals surface area contributed by atoms with Crippen LogP contribution >= 0.6 is 0 Å². The third-order valence-electron chi connectivity index (χ3n) is 3.29. The fourth-order valence-electron chi connectivity index (χ4n) is 1.96. The molecule has 4 heteroatoms. The number of rotatable bonds is 6. The maximum atomic E-state index is 10.7. The predicted octanol–water partition coefficient (Wildman–Crippen LogP) is 4.10. The van der Waals surface area contributed by atoms with Crippen molar-refractivity contribution in [2.75, 3.05) is 13.7 Å². The molecule has 0 fully saturated rings. The van der Waals surface area contributed by atoms with Crippen molar-refractivity contribution >= 4 is 5.69 Å². The summed E-state index contributed by atoms with van der Waals surface area (Å²) in [5.41, 5.74) is 0.952. The van der Waals surface area contributed by atoms with Crippen LogP contribution in [0.1, 0.15) is 33.3 Å². The molecule has 0 amide bonds. The lowest BCUT2D eigenvalue weighted by atomic mass is 9.81. The van der Waals surface area contributed by atoms with Crippen LogP contribution in [0.25, 0.3) is 0 Å². The Hall–Kier alpha value is -1.68. The number of allylic oxidation sites excluding steroid dienone is 1. The number of nitro benzene ring substituents is 1. The normalized spacial score (nSPS) is 12.8. The van der Waals surface area contributed by atoms with Crippen molar-refractivity contribution in [2.24, 2.45) is 5.41 Å². The molecule has 0 aliphatic heterocycles. The zero-order chi connectivity index (χ0) is 15.4. The lowest BCUT2D eigenvalue weighted by molar-refractivity contribution is -0.384. The Kier molecular flexibility index (Phi) is 5.06. The first-order valence-electron chi connectivity index (χ1n) is 6.62. The van der Waals surface area contributed by atoms with Crippen LogP contribution in [-0.2, 0) is 10.2 Å². The number of nitro groups is 1. The highest BCUT2D eigenvalue weighted by molar-refractivity contribution is 5.38. The number of benzene rings is 1. The minimum absolute atomic E-state index is 0.0349. The number of methoxy groups -OCH3 is 1. The van der Waals surface area contributed by atoms with Crippen LogP contribution in [0.5, 0.6) is 0 Å². The molecular weight excluding hydrogens is 254 g/mol. The van der Waals surface area contributed by atoms with Gasteiger partial charge in [0.15, 0.2) is 0 Å². The van der Waals surface area contributed by atoms with Crippen molar-refractivity contribution in [3.8, 4) is 0 Å². The topological polar surface area (TPSA) is 52.4 Å². The zero-order valence-corrected chi connectivity index (χ0v) is 12.8. The van der Waals surface area contributed by atoms with Gasteiger partial charge in [-0.3, -0.25) is 10.1 Å². The van der Waals surface area contributed by atoms with Gasteiger partial charge in [0.2, 0.25) is 0 Å². The van der Waals surface area contributed by atoms with Crippen LogP contribution in [0.15, 0.2) is 36.4 Å². The summed E-state index contributed by atoms with van der Waals surface area (Å²) >= 11 is 0. The van der Waals surface area contributed by atoms with E-state index in [1.54, 1.807) is 19.2 Å². The largest absolute Gasteiger partial charge is 0.384 e. The summed E-state index contributed by atoms with van der Waals surface area (Å²) in [5.74, 6) is 0. The summed E-state index contributed by atoms with van der Waals surface area (Å²) in [4.78, 5) is 10.3. The van der Waals surface area contributed by atoms with Crippen LogP contribution in [0.3, 0.4) is 0 Å². The van der Waals surface area contributed by atoms with E-state index in [2.05, 4.69) is 39.8 Å². The molecule has 0 aliphatic carbocycles. The summed E-state index contributed by atoms with van der Waals surface area (Å²) in [6.45, 7) is 9.05. The number of hydrogen-bond donors (Lipinski definition) is 0. The fraction of sp³-hybridized carbons (Fsp3) is 0.500. The molecule has 0 radical (unpaired) electrons. The molecule has 0 N–H and O–H groups in total. The second-order valence-corrected chi connectivity index (χ2v) is 6.28. The molecule has 110 valence electrons. The lowest BCUT2D eigenvalue weighted by Crippen LogP contribution is -2.19. The van der Waals surface area contributed by atoms with Gasteiger partial charge in [0, 0.05) is 30.1 Å². The molecule has 0 saturated carbocycles. The molecule has 1 aromatic carbocycles. The number of ether oxygens (including phenoxy) is 1. The Morgan fingerprint density at radius 3 is 2.15 bits per heavy atom. The first-order chi connectivity index (χ1) is 9.18. The van der Waals surface area contributed by atoms with E-state index in [1.807, 2.05) is 12.1 Å². The molecule has 0 atom stereocenters. The van der Waals surface area contributed by atoms with Crippen LogP contribution in [-0.4, -0.2) is 18.6 Å². The molecule has 1 rings (SSSR count). The van der Waals surface area contributed by atoms with Gasteiger partial charge >= 0.3 is 0 Å². The monoisotopic (exact) mass is 277 g/mol. The molecule has 1 aromatic rings. The van der Waals surface area contributed by atoms with Gasteiger partial charge in [-0.05, 0) is 5.56 Å². The molecule has 0 aliphatic rings. The van der Waals surface area contributed by atoms with Gasteiger partial charge in [-0.15, -0.1) is 0 Å². The Morgan fingerprint density at radius 2 is 1.70 bits per heavy atom. The summed E-state index contributed by atoms with van der Waals surface area (Å²) in [6, 6.07) is 6.72. The molecule has 20 heavy (non-hydrogen) atoms. The lowest BCUT2D eigenvalue weighted by Gasteiger charge is -2.25. The summed E-state index contributed by atoms with van der Waals surface area (Å²) < 4.78 is 5.19. The molecule has 4 nitrogen and oxygen atoms in total. The van der Waals surface area contributed by atoms with E-state index in [0.29, 0.717) is 6.61 Å². The minimum atomic E-state index is -0.381. The molecule has 0 spiro atoms. The van der Waals surface area contributed by atoms with E-state index in [9.17, 15) is 10.1 Å². The van der Waals surface area contributed by atoms with Gasteiger partial charge < -0.3 is 4.74 Å². The summed E-state index contributed by atoms with van der Waals surface area (Å²) in [6.07, 6.45) is 4.27. The molecule has 0 bridgehead atoms. The van der Waals surface area contributed by atoms with Gasteiger partial charge in [0.05, 0.1) is 11.5 Å². The van der Waals surface area contributed by atoms with Gasteiger partial charge in [-0.2, -0.15) is 0 Å². The molecule has 0 unspecified atom stereocenters. The summed E-state index contributed by atoms with van der Waals surface area (Å²) in [7, 11) is 1.69. The average Bonchev–Trinajstić information content (AvgIpc) is 2.37. The fourth-order valence-corrected chi connectivity index (χ4v) is 1.96. The van der Waals surface area contributed by atoms with Gasteiger partial charge in [0.25, 0.3) is 5.69 Å². The first kappa shape index (κ1) is 16.4. The quantitative estimate of drug-likeness (QED) is 0.447. The van der Waals surface area contributed by atoms with Crippen molar-refractivity contribution < 1.29 is 9.66 Å². The average molecular weight is 277 g/mol. The van der Waals surface area contributed by atoms with E-state index in [-0.39, 0.29) is 21.4 Å². The van der Waals surface area contributed by atoms with Gasteiger partial charge in [-0.25, -0.2) is 0 Å². The highest BCUT2D eigenvalue weighted by atomic mass is 16.6. The zero-order valence-electron chi connectivity index (χ0n) is 12.8. The predicted molar refractivity (Wildman–Crippen MR) is 80.9 cm³/mol. The number of non-ortho nitro benzene ring substituents is 1. The maximum Gasteiger partial charge on any atom is 0.269 e. The van der Waals surface area contributed by atoms with E-state index in [4.69, 9.17) is 4.74 Å². The highest BCUT2D eigenvalue weighted by Gasteiger charge is 2.21. The SMILES string of the molecule is COCC(C)(C)/C=C/C(C)(C)c1ccc([N+](=O)[O-])cc1. The van der Waals surface area contributed by atoms with Crippen molar-refractivity contribution in [1.82, 2.24) is 0 Å². The summed E-state index contributed by atoms with van der Waals surface area (Å²) in [5, 5.41) is 10.7. The minimum Gasteiger partial charge on any atom is -0.384 e. The molecule has 0 saturated heterocycles. The van der Waals surface area contributed by atoms with E-state index in [0.717, 1.165) is 5.56 Å². The Balaban J connectivity index is 2.93. The van der Waals surface area contributed by atoms with Gasteiger partial charge in [-0.1, -0.05) is 52.0 Å². The van der Waals surface area contributed by atoms with Crippen molar-refractivity contribution in [2.45, 2.75) is 33.1 Å². The van der Waals surface area contributed by atoms with Crippen molar-refractivity contribution in [3.05, 3.63) is 52.1 Å². The second kappa shape index (κ2) is 6.18. The van der Waals surface area contributed by atoms with E-state index in [1.165, 1.54) is 0 Å². The molecule has 0 heterocycles. The molecular formula is C16H23NO3. The Morgan fingerprint density at radius 1 is 1.15 bits per heavy atom. The van der Waals surface area contributed by atoms with E-state index >= 15 is 0 Å². The van der Waals surface area contributed by atoms with E-state index < -0.39 is 0 Å². The van der Waals surface area contributed by atoms with Gasteiger partial charge in [0.1, 0.15) is 0 Å². The van der Waals surface area contributed by atoms with Crippen LogP contribution in [0.2, 0.25) is 0 Å². The highest BCUT2D eigenvalue weighted by Crippen LogP contribution is 2.29. The molecule has 0 aromatic heterocycles. The Labute approximate surface area is 120 Å².